The maximum Gasteiger partial charge on any atom is 0.338 e. The molecule has 5 rings (SSSR count). The van der Waals surface area contributed by atoms with Gasteiger partial charge in [0.2, 0.25) is 0 Å². The minimum Gasteiger partial charge on any atom is -0.466 e. The second-order valence-electron chi connectivity index (χ2n) is 9.62. The van der Waals surface area contributed by atoms with E-state index in [2.05, 4.69) is 23.7 Å². The summed E-state index contributed by atoms with van der Waals surface area (Å²) in [4.78, 5) is 34.0. The summed E-state index contributed by atoms with van der Waals surface area (Å²) in [6.45, 7) is 8.03. The maximum atomic E-state index is 13.7. The largest absolute Gasteiger partial charge is 0.466 e. The van der Waals surface area contributed by atoms with E-state index in [4.69, 9.17) is 9.15 Å². The second-order valence-corrected chi connectivity index (χ2v) is 10.6. The third-order valence-electron chi connectivity index (χ3n) is 6.90. The van der Waals surface area contributed by atoms with Crippen molar-refractivity contribution in [2.75, 3.05) is 25.1 Å². The number of hydrogen-bond donors (Lipinski definition) is 0. The zero-order valence-corrected chi connectivity index (χ0v) is 21.9. The third kappa shape index (κ3) is 4.46. The summed E-state index contributed by atoms with van der Waals surface area (Å²) in [5, 5.41) is 0. The summed E-state index contributed by atoms with van der Waals surface area (Å²) >= 11 is 1.30. The Kier molecular flexibility index (Phi) is 6.71. The third-order valence-corrected chi connectivity index (χ3v) is 7.88. The molecular weight excluding hydrogens is 474 g/mol. The number of ether oxygens (including phenoxy) is 1. The Hall–Kier alpha value is -3.39. The van der Waals surface area contributed by atoms with Gasteiger partial charge in [-0.2, -0.15) is 0 Å². The van der Waals surface area contributed by atoms with Crippen molar-refractivity contribution >= 4 is 29.3 Å². The molecule has 1 unspecified atom stereocenters. The van der Waals surface area contributed by atoms with Gasteiger partial charge < -0.3 is 14.1 Å². The monoisotopic (exact) mass is 505 g/mol. The zero-order chi connectivity index (χ0) is 25.4. The molecule has 1 aromatic carbocycles. The molecule has 1 atom stereocenters. The Morgan fingerprint density at radius 3 is 2.53 bits per heavy atom. The number of benzene rings is 1. The minimum absolute atomic E-state index is 0.207. The highest BCUT2D eigenvalue weighted by Crippen LogP contribution is 2.31. The van der Waals surface area contributed by atoms with E-state index in [-0.39, 0.29) is 5.56 Å². The Morgan fingerprint density at radius 2 is 1.86 bits per heavy atom. The Labute approximate surface area is 214 Å². The number of thiazole rings is 1. The van der Waals surface area contributed by atoms with E-state index in [0.29, 0.717) is 32.3 Å². The highest BCUT2D eigenvalue weighted by atomic mass is 32.1. The first-order valence-corrected chi connectivity index (χ1v) is 13.2. The Bertz CT molecular complexity index is 1480. The van der Waals surface area contributed by atoms with E-state index in [9.17, 15) is 9.59 Å². The van der Waals surface area contributed by atoms with Gasteiger partial charge in [0, 0.05) is 25.2 Å². The molecule has 2 aromatic heterocycles. The van der Waals surface area contributed by atoms with Crippen molar-refractivity contribution in [3.8, 4) is 0 Å². The average Bonchev–Trinajstić information content (AvgIpc) is 3.48. The van der Waals surface area contributed by atoms with E-state index in [1.54, 1.807) is 17.6 Å². The number of aromatic nitrogens is 1. The van der Waals surface area contributed by atoms with Gasteiger partial charge in [0.05, 0.1) is 29.0 Å². The van der Waals surface area contributed by atoms with Crippen molar-refractivity contribution in [3.63, 3.8) is 0 Å². The van der Waals surface area contributed by atoms with E-state index in [1.165, 1.54) is 30.4 Å². The predicted molar refractivity (Wildman–Crippen MR) is 141 cm³/mol. The van der Waals surface area contributed by atoms with E-state index >= 15 is 0 Å². The number of carbonyl (C=O) groups is 1. The zero-order valence-electron chi connectivity index (χ0n) is 21.1. The van der Waals surface area contributed by atoms with Crippen LogP contribution >= 0.6 is 11.3 Å². The van der Waals surface area contributed by atoms with E-state index in [1.807, 2.05) is 36.4 Å². The average molecular weight is 506 g/mol. The van der Waals surface area contributed by atoms with Crippen LogP contribution in [-0.2, 0) is 9.53 Å². The molecule has 188 valence electrons. The van der Waals surface area contributed by atoms with Crippen molar-refractivity contribution in [2.45, 2.75) is 52.0 Å². The summed E-state index contributed by atoms with van der Waals surface area (Å²) in [7, 11) is 1.35. The molecule has 0 aliphatic carbocycles. The molecule has 4 heterocycles. The summed E-state index contributed by atoms with van der Waals surface area (Å²) in [5.41, 5.74) is 2.75. The number of piperidine rings is 1. The van der Waals surface area contributed by atoms with Crippen LogP contribution in [0.15, 0.2) is 61.9 Å². The van der Waals surface area contributed by atoms with Crippen LogP contribution in [0.1, 0.15) is 68.9 Å². The van der Waals surface area contributed by atoms with Crippen LogP contribution in [0.5, 0.6) is 0 Å². The molecule has 8 heteroatoms. The lowest BCUT2D eigenvalue weighted by Gasteiger charge is -2.25. The Balaban J connectivity index is 1.60. The van der Waals surface area contributed by atoms with Crippen molar-refractivity contribution in [2.24, 2.45) is 4.99 Å². The van der Waals surface area contributed by atoms with Crippen LogP contribution in [0.3, 0.4) is 0 Å². The molecule has 0 bridgehead atoms. The number of methoxy groups -OCH3 is 1. The van der Waals surface area contributed by atoms with Crippen LogP contribution < -0.4 is 19.8 Å². The standard InChI is InChI=1S/C28H31N3O4S/c1-17(2)19-8-10-20(11-9-19)25-24(27(33)34-4)18(3)29-28-31(25)26(32)22(36-28)16-21-12-13-23(35-21)30-14-6-5-7-15-30/h8-13,16-17,25H,5-7,14-15H2,1-4H3/b22-16+. The number of fused-ring (bicyclic) bond motifs is 1. The van der Waals surface area contributed by atoms with Gasteiger partial charge in [-0.3, -0.25) is 9.36 Å². The SMILES string of the molecule is COC(=O)C1=C(C)N=c2s/c(=C/c3ccc(N4CCCCC4)o3)c(=O)n2C1c1ccc(C(C)C)cc1. The number of hydrogen-bond acceptors (Lipinski definition) is 7. The normalized spacial score (nSPS) is 18.4. The number of carbonyl (C=O) groups excluding carboxylic acids is 1. The van der Waals surface area contributed by atoms with Gasteiger partial charge in [-0.05, 0) is 49.3 Å². The van der Waals surface area contributed by atoms with Crippen molar-refractivity contribution in [3.05, 3.63) is 84.2 Å². The summed E-state index contributed by atoms with van der Waals surface area (Å²) in [5.74, 6) is 1.35. The number of allylic oxidation sites excluding steroid dienone is 1. The minimum atomic E-state index is -0.613. The lowest BCUT2D eigenvalue weighted by atomic mass is 9.93. The van der Waals surface area contributed by atoms with Crippen LogP contribution in [0, 0.1) is 0 Å². The molecule has 0 radical (unpaired) electrons. The van der Waals surface area contributed by atoms with E-state index < -0.39 is 12.0 Å². The van der Waals surface area contributed by atoms with E-state index in [0.717, 1.165) is 37.4 Å². The van der Waals surface area contributed by atoms with Gasteiger partial charge >= 0.3 is 5.97 Å². The number of rotatable bonds is 5. The van der Waals surface area contributed by atoms with Gasteiger partial charge in [-0.25, -0.2) is 9.79 Å². The number of esters is 1. The highest BCUT2D eigenvalue weighted by Gasteiger charge is 2.33. The molecule has 7 nitrogen and oxygen atoms in total. The molecular formula is C28H31N3O4S. The smallest absolute Gasteiger partial charge is 0.338 e. The molecule has 0 saturated carbocycles. The molecule has 1 saturated heterocycles. The summed E-state index contributed by atoms with van der Waals surface area (Å²) in [6, 6.07) is 11.3. The fraction of sp³-hybridized carbons (Fsp3) is 0.393. The molecule has 2 aliphatic heterocycles. The second kappa shape index (κ2) is 9.93. The number of furan rings is 1. The maximum absolute atomic E-state index is 13.7. The molecule has 0 amide bonds. The molecule has 0 N–H and O–H groups in total. The topological polar surface area (TPSA) is 77.0 Å². The molecule has 0 spiro atoms. The molecule has 3 aromatic rings. The highest BCUT2D eigenvalue weighted by molar-refractivity contribution is 7.07. The van der Waals surface area contributed by atoms with Crippen LogP contribution in [0.2, 0.25) is 0 Å². The van der Waals surface area contributed by atoms with Crippen LogP contribution in [0.25, 0.3) is 6.08 Å². The van der Waals surface area contributed by atoms with Crippen molar-refractivity contribution in [1.29, 1.82) is 0 Å². The summed E-state index contributed by atoms with van der Waals surface area (Å²) < 4.78 is 13.3. The lowest BCUT2D eigenvalue weighted by molar-refractivity contribution is -0.136. The van der Waals surface area contributed by atoms with Crippen molar-refractivity contribution < 1.29 is 13.9 Å². The van der Waals surface area contributed by atoms with Crippen LogP contribution in [-0.4, -0.2) is 30.7 Å². The van der Waals surface area contributed by atoms with Crippen molar-refractivity contribution in [1.82, 2.24) is 4.57 Å². The first kappa shape index (κ1) is 24.3. The lowest BCUT2D eigenvalue weighted by Crippen LogP contribution is -2.39. The molecule has 36 heavy (non-hydrogen) atoms. The van der Waals surface area contributed by atoms with Gasteiger partial charge in [0.1, 0.15) is 5.76 Å². The predicted octanol–water partition coefficient (Wildman–Crippen LogP) is 4.11. The number of nitrogens with zero attached hydrogens (tertiary/aromatic N) is 3. The van der Waals surface area contributed by atoms with Gasteiger partial charge in [-0.1, -0.05) is 49.4 Å². The number of anilines is 1. The summed E-state index contributed by atoms with van der Waals surface area (Å²) in [6.07, 6.45) is 5.34. The van der Waals surface area contributed by atoms with Gasteiger partial charge in [0.15, 0.2) is 10.7 Å². The van der Waals surface area contributed by atoms with Gasteiger partial charge in [-0.15, -0.1) is 0 Å². The first-order chi connectivity index (χ1) is 17.4. The fourth-order valence-electron chi connectivity index (χ4n) is 4.90. The molecule has 2 aliphatic rings. The Morgan fingerprint density at radius 1 is 1.14 bits per heavy atom. The van der Waals surface area contributed by atoms with Crippen LogP contribution in [0.4, 0.5) is 5.88 Å². The first-order valence-electron chi connectivity index (χ1n) is 12.4. The van der Waals surface area contributed by atoms with Gasteiger partial charge in [0.25, 0.3) is 5.56 Å². The molecule has 1 fully saturated rings. The quantitative estimate of drug-likeness (QED) is 0.488. The fourth-order valence-corrected chi connectivity index (χ4v) is 5.93.